The van der Waals surface area contributed by atoms with Gasteiger partial charge in [-0.05, 0) is 88.6 Å². The molecule has 0 fully saturated rings. The molecule has 0 spiro atoms. The third-order valence-electron chi connectivity index (χ3n) is 7.20. The molecule has 0 saturated heterocycles. The minimum atomic E-state index is -0.193. The monoisotopic (exact) mass is 633 g/mol. The van der Waals surface area contributed by atoms with Gasteiger partial charge in [0.25, 0.3) is 5.91 Å². The van der Waals surface area contributed by atoms with Crippen LogP contribution in [0.5, 0.6) is 0 Å². The second kappa shape index (κ2) is 14.5. The third-order valence-corrected chi connectivity index (χ3v) is 7.78. The zero-order valence-electron chi connectivity index (χ0n) is 23.8. The number of nitrogens with one attached hydrogen (secondary N) is 2. The van der Waals surface area contributed by atoms with Gasteiger partial charge in [-0.3, -0.25) is 19.6 Å². The second-order valence-electron chi connectivity index (χ2n) is 10.2. The minimum Gasteiger partial charge on any atom is -0.352 e. The van der Waals surface area contributed by atoms with E-state index in [1.165, 1.54) is 11.1 Å². The Bertz CT molecular complexity index is 1740. The normalized spacial score (nSPS) is 12.7. The smallest absolute Gasteiger partial charge is 0.270 e. The van der Waals surface area contributed by atoms with Gasteiger partial charge in [-0.1, -0.05) is 60.7 Å². The van der Waals surface area contributed by atoms with E-state index in [4.69, 9.17) is 0 Å². The van der Waals surface area contributed by atoms with Crippen LogP contribution < -0.4 is 10.6 Å². The number of pyridine rings is 3. The predicted molar refractivity (Wildman–Crippen MR) is 173 cm³/mol. The summed E-state index contributed by atoms with van der Waals surface area (Å²) in [4.78, 5) is 37.2. The van der Waals surface area contributed by atoms with Crippen LogP contribution in [0.2, 0.25) is 0 Å². The summed E-state index contributed by atoms with van der Waals surface area (Å²) >= 11 is 3.41. The fourth-order valence-electron chi connectivity index (χ4n) is 4.81. The van der Waals surface area contributed by atoms with Crippen molar-refractivity contribution in [1.29, 1.82) is 0 Å². The summed E-state index contributed by atoms with van der Waals surface area (Å²) in [6.45, 7) is 2.62. The molecule has 2 N–H and O–H groups in total. The number of aryl methyl sites for hydroxylation is 1. The van der Waals surface area contributed by atoms with E-state index in [0.717, 1.165) is 51.3 Å². The van der Waals surface area contributed by atoms with E-state index in [1.54, 1.807) is 24.7 Å². The van der Waals surface area contributed by atoms with Gasteiger partial charge in [-0.2, -0.15) is 0 Å². The summed E-state index contributed by atoms with van der Waals surface area (Å²) in [7, 11) is 0. The molecule has 3 aromatic heterocycles. The maximum atomic E-state index is 12.4. The van der Waals surface area contributed by atoms with Crippen molar-refractivity contribution in [2.24, 2.45) is 0 Å². The quantitative estimate of drug-likeness (QED) is 0.209. The average molecular weight is 635 g/mol. The fourth-order valence-corrected chi connectivity index (χ4v) is 5.24. The first kappa shape index (κ1) is 29.8. The number of halogens is 1. The van der Waals surface area contributed by atoms with Gasteiger partial charge in [0.1, 0.15) is 5.69 Å². The van der Waals surface area contributed by atoms with Gasteiger partial charge < -0.3 is 10.6 Å². The van der Waals surface area contributed by atoms with Crippen LogP contribution in [-0.4, -0.2) is 33.3 Å². The Kier molecular flexibility index (Phi) is 10.0. The van der Waals surface area contributed by atoms with Gasteiger partial charge in [0, 0.05) is 42.3 Å². The number of amides is 2. The maximum Gasteiger partial charge on any atom is 0.270 e. The Balaban J connectivity index is 0.000000171. The largest absolute Gasteiger partial charge is 0.352 e. The number of carbonyl (C=O) groups excluding carboxylic acids is 2. The van der Waals surface area contributed by atoms with E-state index in [2.05, 4.69) is 53.6 Å². The molecule has 5 aromatic rings. The second-order valence-corrected chi connectivity index (χ2v) is 11.1. The molecule has 1 aliphatic rings. The lowest BCUT2D eigenvalue weighted by molar-refractivity contribution is -0.117. The molecule has 43 heavy (non-hydrogen) atoms. The number of aromatic nitrogens is 3. The van der Waals surface area contributed by atoms with Crippen LogP contribution in [0.25, 0.3) is 17.0 Å². The highest BCUT2D eigenvalue weighted by atomic mass is 79.9. The summed E-state index contributed by atoms with van der Waals surface area (Å²) in [5.74, 6) is -0.143. The fraction of sp³-hybridized carbons (Fsp3) is 0.171. The maximum absolute atomic E-state index is 12.4. The van der Waals surface area contributed by atoms with Gasteiger partial charge in [-0.25, -0.2) is 4.98 Å². The molecule has 6 rings (SSSR count). The highest BCUT2D eigenvalue weighted by Crippen LogP contribution is 2.23. The molecule has 0 aliphatic heterocycles. The van der Waals surface area contributed by atoms with Crippen molar-refractivity contribution in [3.8, 4) is 0 Å². The zero-order chi connectivity index (χ0) is 30.0. The lowest BCUT2D eigenvalue weighted by Crippen LogP contribution is -2.28. The molecule has 0 saturated carbocycles. The van der Waals surface area contributed by atoms with Crippen molar-refractivity contribution in [1.82, 2.24) is 25.6 Å². The third kappa shape index (κ3) is 7.99. The Morgan fingerprint density at radius 2 is 1.63 bits per heavy atom. The van der Waals surface area contributed by atoms with E-state index < -0.39 is 0 Å². The van der Waals surface area contributed by atoms with Gasteiger partial charge in [0.2, 0.25) is 5.91 Å². The highest BCUT2D eigenvalue weighted by Gasteiger charge is 2.16. The topological polar surface area (TPSA) is 96.9 Å². The van der Waals surface area contributed by atoms with E-state index >= 15 is 0 Å². The molecule has 1 atom stereocenters. The molecular formula is C35H32BrN5O2. The molecule has 8 heteroatoms. The summed E-state index contributed by atoms with van der Waals surface area (Å²) < 4.78 is 0.774. The molecule has 7 nitrogen and oxygen atoms in total. The molecule has 0 bridgehead atoms. The molecule has 2 amide bonds. The summed E-state index contributed by atoms with van der Waals surface area (Å²) in [6.07, 6.45) is 11.6. The van der Waals surface area contributed by atoms with Crippen LogP contribution in [0.3, 0.4) is 0 Å². The van der Waals surface area contributed by atoms with Crippen molar-refractivity contribution < 1.29 is 9.59 Å². The molecule has 1 unspecified atom stereocenters. The standard InChI is InChI=1S/C18H18N2O.C17H14BrN3O/c21-18(20-11-8-14-4-2-1-3-5-14)16-6-7-17-13-19-10-9-15(17)12-16;1-11(12-5-3-2-4-6-12)20-17(22)15-8-7-13-9-19-10-14(18)16(13)21-15/h1-5,9-10,12-13H,6-8,11H2,(H,20,21);2-11H,1H3,(H,20,22). The van der Waals surface area contributed by atoms with Crippen LogP contribution in [0.4, 0.5) is 0 Å². The molecule has 216 valence electrons. The van der Waals surface area contributed by atoms with Crippen molar-refractivity contribution in [3.05, 3.63) is 142 Å². The van der Waals surface area contributed by atoms with Crippen LogP contribution in [0.15, 0.2) is 114 Å². The van der Waals surface area contributed by atoms with Gasteiger partial charge in [-0.15, -0.1) is 0 Å². The van der Waals surface area contributed by atoms with Gasteiger partial charge >= 0.3 is 0 Å². The van der Waals surface area contributed by atoms with Crippen LogP contribution >= 0.6 is 15.9 Å². The number of hydrogen-bond donors (Lipinski definition) is 2. The van der Waals surface area contributed by atoms with E-state index in [1.807, 2.05) is 79.9 Å². The zero-order valence-corrected chi connectivity index (χ0v) is 25.4. The first-order chi connectivity index (χ1) is 21.0. The Hall–Kier alpha value is -4.69. The Morgan fingerprint density at radius 1 is 0.860 bits per heavy atom. The molecule has 2 aromatic carbocycles. The number of benzene rings is 2. The number of fused-ring (bicyclic) bond motifs is 2. The molecule has 3 heterocycles. The first-order valence-electron chi connectivity index (χ1n) is 14.2. The summed E-state index contributed by atoms with van der Waals surface area (Å²) in [5.41, 5.74) is 6.62. The lowest BCUT2D eigenvalue weighted by Gasteiger charge is -2.15. The SMILES string of the molecule is CC(NC(=O)c1ccc2cncc(Br)c2n1)c1ccccc1.O=C(NCCc1ccccc1)C1=Cc2ccncc2CC1. The number of carbonyl (C=O) groups is 2. The van der Waals surface area contributed by atoms with Crippen LogP contribution in [0.1, 0.15) is 52.1 Å². The van der Waals surface area contributed by atoms with Crippen LogP contribution in [-0.2, 0) is 17.6 Å². The van der Waals surface area contributed by atoms with Crippen molar-refractivity contribution in [2.75, 3.05) is 6.54 Å². The van der Waals surface area contributed by atoms with E-state index in [-0.39, 0.29) is 17.9 Å². The highest BCUT2D eigenvalue weighted by molar-refractivity contribution is 9.10. The molecule has 1 aliphatic carbocycles. The number of hydrogen-bond acceptors (Lipinski definition) is 5. The average Bonchev–Trinajstić information content (AvgIpc) is 3.05. The molecule has 0 radical (unpaired) electrons. The lowest BCUT2D eigenvalue weighted by atomic mass is 9.93. The number of rotatable bonds is 7. The van der Waals surface area contributed by atoms with Crippen molar-refractivity contribution in [3.63, 3.8) is 0 Å². The number of nitrogens with zero attached hydrogens (tertiary/aromatic N) is 3. The van der Waals surface area contributed by atoms with Crippen LogP contribution in [0, 0.1) is 0 Å². The molecular weight excluding hydrogens is 602 g/mol. The Morgan fingerprint density at radius 3 is 2.42 bits per heavy atom. The summed E-state index contributed by atoms with van der Waals surface area (Å²) in [6, 6.07) is 25.5. The summed E-state index contributed by atoms with van der Waals surface area (Å²) in [5, 5.41) is 6.86. The minimum absolute atomic E-state index is 0.0494. The Labute approximate surface area is 259 Å². The van der Waals surface area contributed by atoms with E-state index in [9.17, 15) is 9.59 Å². The predicted octanol–water partition coefficient (Wildman–Crippen LogP) is 6.65. The van der Waals surface area contributed by atoms with Gasteiger partial charge in [0.05, 0.1) is 16.0 Å². The van der Waals surface area contributed by atoms with Gasteiger partial charge in [0.15, 0.2) is 0 Å². The first-order valence-corrected chi connectivity index (χ1v) is 15.0. The van der Waals surface area contributed by atoms with E-state index in [0.29, 0.717) is 12.2 Å². The van der Waals surface area contributed by atoms with Crippen molar-refractivity contribution in [2.45, 2.75) is 32.2 Å². The van der Waals surface area contributed by atoms with Crippen molar-refractivity contribution >= 4 is 44.7 Å².